The van der Waals surface area contributed by atoms with Crippen molar-refractivity contribution < 1.29 is 17.5 Å². The monoisotopic (exact) mass is 271 g/mol. The van der Waals surface area contributed by atoms with E-state index in [1.165, 1.54) is 12.1 Å². The van der Waals surface area contributed by atoms with Gasteiger partial charge in [-0.15, -0.1) is 0 Å². The van der Waals surface area contributed by atoms with E-state index >= 15 is 0 Å². The zero-order chi connectivity index (χ0) is 13.0. The third-order valence-electron chi connectivity index (χ3n) is 3.96. The number of benzene rings is 1. The summed E-state index contributed by atoms with van der Waals surface area (Å²) in [5, 5.41) is 5.35. The number of ether oxygens (including phenoxy) is 1. The summed E-state index contributed by atoms with van der Waals surface area (Å²) in [6.07, 6.45) is 1.76. The molecule has 2 N–H and O–H groups in total. The molecule has 6 heteroatoms. The van der Waals surface area contributed by atoms with E-state index in [4.69, 9.17) is 9.88 Å². The number of rotatable bonds is 2. The van der Waals surface area contributed by atoms with E-state index in [9.17, 15) is 12.8 Å². The molecule has 1 fully saturated rings. The number of hydrogen-bond donors (Lipinski definition) is 1. The Kier molecular flexibility index (Phi) is 2.44. The second-order valence-electron chi connectivity index (χ2n) is 4.98. The number of nitrogens with two attached hydrogens (primary N) is 1. The average Bonchev–Trinajstić information content (AvgIpc) is 3.08. The Morgan fingerprint density at radius 3 is 2.72 bits per heavy atom. The lowest BCUT2D eigenvalue weighted by Gasteiger charge is -2.31. The van der Waals surface area contributed by atoms with E-state index in [0.29, 0.717) is 31.6 Å². The maximum atomic E-state index is 13.1. The molecule has 0 spiro atoms. The quantitative estimate of drug-likeness (QED) is 0.886. The first kappa shape index (κ1) is 11.9. The molecular weight excluding hydrogens is 257 g/mol. The maximum Gasteiger partial charge on any atom is 0.215 e. The Morgan fingerprint density at radius 2 is 2.11 bits per heavy atom. The van der Waals surface area contributed by atoms with Gasteiger partial charge in [0.05, 0.1) is 11.4 Å². The Labute approximate surface area is 105 Å². The molecule has 4 nitrogen and oxygen atoms in total. The molecule has 98 valence electrons. The van der Waals surface area contributed by atoms with Crippen LogP contribution in [-0.2, 0) is 10.0 Å². The van der Waals surface area contributed by atoms with Crippen molar-refractivity contribution in [2.75, 3.05) is 6.61 Å². The zero-order valence-corrected chi connectivity index (χ0v) is 10.5. The van der Waals surface area contributed by atoms with Crippen molar-refractivity contribution in [3.05, 3.63) is 29.6 Å². The van der Waals surface area contributed by atoms with Crippen LogP contribution in [0.25, 0.3) is 0 Å². The first-order chi connectivity index (χ1) is 8.44. The van der Waals surface area contributed by atoms with Gasteiger partial charge in [-0.25, -0.2) is 17.9 Å². The van der Waals surface area contributed by atoms with Crippen molar-refractivity contribution in [3.63, 3.8) is 0 Å². The molecule has 1 saturated carbocycles. The fourth-order valence-electron chi connectivity index (χ4n) is 2.86. The molecule has 1 aromatic carbocycles. The van der Waals surface area contributed by atoms with Gasteiger partial charge in [0.2, 0.25) is 10.0 Å². The van der Waals surface area contributed by atoms with Crippen LogP contribution in [0.1, 0.15) is 30.7 Å². The Morgan fingerprint density at radius 1 is 1.39 bits per heavy atom. The van der Waals surface area contributed by atoms with Crippen molar-refractivity contribution in [2.24, 2.45) is 5.14 Å². The third-order valence-corrected chi connectivity index (χ3v) is 5.79. The minimum absolute atomic E-state index is 0.183. The van der Waals surface area contributed by atoms with Crippen LogP contribution in [0.2, 0.25) is 0 Å². The van der Waals surface area contributed by atoms with E-state index in [1.807, 2.05) is 0 Å². The smallest absolute Gasteiger partial charge is 0.215 e. The molecule has 1 atom stereocenters. The summed E-state index contributed by atoms with van der Waals surface area (Å²) in [6.45, 7) is 0.401. The van der Waals surface area contributed by atoms with Gasteiger partial charge in [0.15, 0.2) is 0 Å². The fourth-order valence-corrected chi connectivity index (χ4v) is 4.18. The number of sulfonamides is 1. The lowest BCUT2D eigenvalue weighted by molar-refractivity contribution is 0.260. The number of fused-ring (bicyclic) bond motifs is 1. The minimum Gasteiger partial charge on any atom is -0.493 e. The van der Waals surface area contributed by atoms with E-state index in [-0.39, 0.29) is 11.7 Å². The van der Waals surface area contributed by atoms with Crippen LogP contribution in [-0.4, -0.2) is 19.8 Å². The van der Waals surface area contributed by atoms with Crippen LogP contribution < -0.4 is 9.88 Å². The first-order valence-corrected chi connectivity index (χ1v) is 7.43. The molecule has 0 aromatic heterocycles. The van der Waals surface area contributed by atoms with Crippen LogP contribution in [0, 0.1) is 5.82 Å². The third kappa shape index (κ3) is 1.63. The van der Waals surface area contributed by atoms with Crippen LogP contribution in [0.15, 0.2) is 18.2 Å². The van der Waals surface area contributed by atoms with Gasteiger partial charge in [-0.3, -0.25) is 0 Å². The molecule has 1 heterocycles. The second kappa shape index (κ2) is 3.68. The van der Waals surface area contributed by atoms with E-state index in [0.717, 1.165) is 5.56 Å². The van der Waals surface area contributed by atoms with Crippen molar-refractivity contribution in [2.45, 2.75) is 29.9 Å². The van der Waals surface area contributed by atoms with Gasteiger partial charge in [-0.2, -0.15) is 0 Å². The molecule has 1 aliphatic carbocycles. The standard InChI is InChI=1S/C12H14FNO3S/c13-8-1-2-9-10(3-6-17-11(9)7-8)12(4-5-12)18(14,15)16/h1-2,7,10H,3-6H2,(H2,14,15,16). The summed E-state index contributed by atoms with van der Waals surface area (Å²) >= 11 is 0. The van der Waals surface area contributed by atoms with E-state index < -0.39 is 14.8 Å². The molecular formula is C12H14FNO3S. The average molecular weight is 271 g/mol. The van der Waals surface area contributed by atoms with Gasteiger partial charge in [0.1, 0.15) is 11.6 Å². The Balaban J connectivity index is 2.08. The first-order valence-electron chi connectivity index (χ1n) is 5.89. The van der Waals surface area contributed by atoms with Gasteiger partial charge in [-0.1, -0.05) is 6.07 Å². The number of primary sulfonamides is 1. The molecule has 0 radical (unpaired) electrons. The Bertz CT molecular complexity index is 595. The lowest BCUT2D eigenvalue weighted by atomic mass is 9.88. The molecule has 3 rings (SSSR count). The summed E-state index contributed by atoms with van der Waals surface area (Å²) in [5.74, 6) is -0.118. The normalized spacial score (nSPS) is 25.1. The SMILES string of the molecule is NS(=O)(=O)C1(C2CCOc3cc(F)ccc32)CC1. The molecule has 18 heavy (non-hydrogen) atoms. The highest BCUT2D eigenvalue weighted by molar-refractivity contribution is 7.90. The summed E-state index contributed by atoms with van der Waals surface area (Å²) < 4.78 is 41.2. The van der Waals surface area contributed by atoms with Gasteiger partial charge in [0.25, 0.3) is 0 Å². The largest absolute Gasteiger partial charge is 0.493 e. The van der Waals surface area contributed by atoms with Crippen molar-refractivity contribution in [1.82, 2.24) is 0 Å². The van der Waals surface area contributed by atoms with Crippen LogP contribution in [0.3, 0.4) is 0 Å². The molecule has 0 bridgehead atoms. The molecule has 0 saturated heterocycles. The molecule has 2 aliphatic rings. The number of hydrogen-bond acceptors (Lipinski definition) is 3. The molecule has 0 amide bonds. The van der Waals surface area contributed by atoms with Gasteiger partial charge < -0.3 is 4.74 Å². The summed E-state index contributed by atoms with van der Waals surface area (Å²) in [4.78, 5) is 0. The predicted octanol–water partition coefficient (Wildman–Crippen LogP) is 1.51. The van der Waals surface area contributed by atoms with Crippen molar-refractivity contribution >= 4 is 10.0 Å². The number of halogens is 1. The molecule has 1 aliphatic heterocycles. The second-order valence-corrected chi connectivity index (χ2v) is 6.88. The topological polar surface area (TPSA) is 69.4 Å². The maximum absolute atomic E-state index is 13.1. The highest BCUT2D eigenvalue weighted by atomic mass is 32.2. The van der Waals surface area contributed by atoms with Gasteiger partial charge in [0, 0.05) is 12.0 Å². The Hall–Kier alpha value is -1.14. The van der Waals surface area contributed by atoms with E-state index in [1.54, 1.807) is 6.07 Å². The summed E-state index contributed by atoms with van der Waals surface area (Å²) in [5.41, 5.74) is 0.758. The van der Waals surface area contributed by atoms with Crippen LogP contribution in [0.4, 0.5) is 4.39 Å². The highest BCUT2D eigenvalue weighted by Gasteiger charge is 2.59. The lowest BCUT2D eigenvalue weighted by Crippen LogP contribution is -2.38. The van der Waals surface area contributed by atoms with E-state index in [2.05, 4.69) is 0 Å². The van der Waals surface area contributed by atoms with Crippen LogP contribution in [0.5, 0.6) is 5.75 Å². The zero-order valence-electron chi connectivity index (χ0n) is 9.73. The molecule has 1 unspecified atom stereocenters. The fraction of sp³-hybridized carbons (Fsp3) is 0.500. The van der Waals surface area contributed by atoms with Gasteiger partial charge >= 0.3 is 0 Å². The summed E-state index contributed by atoms with van der Waals surface area (Å²) in [6, 6.07) is 4.25. The highest BCUT2D eigenvalue weighted by Crippen LogP contribution is 2.56. The molecule has 1 aromatic rings. The van der Waals surface area contributed by atoms with Crippen LogP contribution >= 0.6 is 0 Å². The predicted molar refractivity (Wildman–Crippen MR) is 64.3 cm³/mol. The van der Waals surface area contributed by atoms with Crippen molar-refractivity contribution in [3.8, 4) is 5.75 Å². The minimum atomic E-state index is -3.59. The van der Waals surface area contributed by atoms with Crippen molar-refractivity contribution in [1.29, 1.82) is 0 Å². The summed E-state index contributed by atoms with van der Waals surface area (Å²) in [7, 11) is -3.59. The van der Waals surface area contributed by atoms with Gasteiger partial charge in [-0.05, 0) is 30.9 Å².